The van der Waals surface area contributed by atoms with Crippen LogP contribution in [0.25, 0.3) is 11.1 Å². The second-order valence-electron chi connectivity index (χ2n) is 7.19. The second-order valence-corrected chi connectivity index (χ2v) is 7.19. The average molecular weight is 372 g/mol. The molecule has 0 N–H and O–H groups in total. The lowest BCUT2D eigenvalue weighted by Gasteiger charge is -2.15. The van der Waals surface area contributed by atoms with Gasteiger partial charge in [-0.1, -0.05) is 88.1 Å². The molecule has 2 rings (SSSR count). The van der Waals surface area contributed by atoms with Crippen molar-refractivity contribution in [3.05, 3.63) is 59.7 Å². The van der Waals surface area contributed by atoms with Gasteiger partial charge in [0.05, 0.1) is 0 Å². The zero-order valence-corrected chi connectivity index (χ0v) is 16.4. The standard InChI is InChI=1S/C24H30F2O/c1-3-5-6-7-8-10-19-11-13-20(14-12-19)21-15-17-22(18-16-21)24(25,26)23(27)9-4-2/h11-18H,3-10H2,1-2H3. The molecule has 2 aromatic carbocycles. The van der Waals surface area contributed by atoms with Gasteiger partial charge in [0.2, 0.25) is 5.78 Å². The van der Waals surface area contributed by atoms with Crippen LogP contribution in [0.2, 0.25) is 0 Å². The van der Waals surface area contributed by atoms with Gasteiger partial charge in [-0.05, 0) is 36.0 Å². The Morgan fingerprint density at radius 2 is 1.33 bits per heavy atom. The van der Waals surface area contributed by atoms with Gasteiger partial charge in [0.25, 0.3) is 0 Å². The monoisotopic (exact) mass is 372 g/mol. The second kappa shape index (κ2) is 10.3. The van der Waals surface area contributed by atoms with E-state index in [0.29, 0.717) is 6.42 Å². The zero-order chi connectivity index (χ0) is 19.7. The summed E-state index contributed by atoms with van der Waals surface area (Å²) in [5.74, 6) is -4.42. The summed E-state index contributed by atoms with van der Waals surface area (Å²) >= 11 is 0. The maximum absolute atomic E-state index is 14.2. The van der Waals surface area contributed by atoms with Crippen LogP contribution in [0.5, 0.6) is 0 Å². The fraction of sp³-hybridized carbons (Fsp3) is 0.458. The van der Waals surface area contributed by atoms with Gasteiger partial charge in [-0.15, -0.1) is 0 Å². The highest BCUT2D eigenvalue weighted by atomic mass is 19.3. The van der Waals surface area contributed by atoms with Crippen molar-refractivity contribution < 1.29 is 13.6 Å². The molecule has 0 aliphatic heterocycles. The van der Waals surface area contributed by atoms with Gasteiger partial charge >= 0.3 is 5.92 Å². The Kier molecular flexibility index (Phi) is 8.15. The molecule has 0 atom stereocenters. The van der Waals surface area contributed by atoms with Gasteiger partial charge in [0, 0.05) is 12.0 Å². The summed E-state index contributed by atoms with van der Waals surface area (Å²) in [4.78, 5) is 11.7. The number of hydrogen-bond acceptors (Lipinski definition) is 1. The molecule has 0 fully saturated rings. The summed E-state index contributed by atoms with van der Waals surface area (Å²) in [5.41, 5.74) is 2.96. The molecule has 0 unspecified atom stereocenters. The Hall–Kier alpha value is -2.03. The van der Waals surface area contributed by atoms with Crippen molar-refractivity contribution in [1.29, 1.82) is 0 Å². The van der Waals surface area contributed by atoms with Crippen LogP contribution in [0.3, 0.4) is 0 Å². The van der Waals surface area contributed by atoms with Crippen LogP contribution in [0, 0.1) is 0 Å². The van der Waals surface area contributed by atoms with Crippen molar-refractivity contribution in [3.8, 4) is 11.1 Å². The predicted octanol–water partition coefficient (Wildman–Crippen LogP) is 7.33. The van der Waals surface area contributed by atoms with Crippen molar-refractivity contribution in [3.63, 3.8) is 0 Å². The number of ketones is 1. The lowest BCUT2D eigenvalue weighted by atomic mass is 9.97. The minimum atomic E-state index is -3.41. The first-order chi connectivity index (χ1) is 13.0. The van der Waals surface area contributed by atoms with Gasteiger partial charge in [0.1, 0.15) is 0 Å². The van der Waals surface area contributed by atoms with E-state index in [1.54, 1.807) is 19.1 Å². The van der Waals surface area contributed by atoms with Gasteiger partial charge in [-0.25, -0.2) is 0 Å². The molecule has 146 valence electrons. The van der Waals surface area contributed by atoms with Gasteiger partial charge in [0.15, 0.2) is 0 Å². The predicted molar refractivity (Wildman–Crippen MR) is 108 cm³/mol. The summed E-state index contributed by atoms with van der Waals surface area (Å²) < 4.78 is 28.3. The molecule has 0 amide bonds. The summed E-state index contributed by atoms with van der Waals surface area (Å²) in [7, 11) is 0. The summed E-state index contributed by atoms with van der Waals surface area (Å²) in [5, 5.41) is 0. The van der Waals surface area contributed by atoms with Gasteiger partial charge in [-0.3, -0.25) is 4.79 Å². The van der Waals surface area contributed by atoms with Gasteiger partial charge < -0.3 is 0 Å². The number of benzene rings is 2. The highest BCUT2D eigenvalue weighted by Gasteiger charge is 2.39. The van der Waals surface area contributed by atoms with Crippen LogP contribution < -0.4 is 0 Å². The molecule has 27 heavy (non-hydrogen) atoms. The molecule has 0 aliphatic carbocycles. The minimum Gasteiger partial charge on any atom is -0.293 e. The topological polar surface area (TPSA) is 17.1 Å². The van der Waals surface area contributed by atoms with E-state index in [1.807, 2.05) is 12.1 Å². The number of aryl methyl sites for hydroxylation is 1. The number of carbonyl (C=O) groups is 1. The molecular weight excluding hydrogens is 342 g/mol. The van der Waals surface area contributed by atoms with Crippen molar-refractivity contribution in [1.82, 2.24) is 0 Å². The van der Waals surface area contributed by atoms with E-state index < -0.39 is 11.7 Å². The third-order valence-electron chi connectivity index (χ3n) is 4.93. The maximum atomic E-state index is 14.2. The summed E-state index contributed by atoms with van der Waals surface area (Å²) in [6.45, 7) is 3.95. The maximum Gasteiger partial charge on any atom is 0.330 e. The number of hydrogen-bond donors (Lipinski definition) is 0. The molecule has 1 nitrogen and oxygen atoms in total. The normalized spacial score (nSPS) is 11.6. The fourth-order valence-corrected chi connectivity index (χ4v) is 3.21. The third-order valence-corrected chi connectivity index (χ3v) is 4.93. The smallest absolute Gasteiger partial charge is 0.293 e. The molecule has 0 spiro atoms. The van der Waals surface area contributed by atoms with Crippen molar-refractivity contribution in [2.45, 2.75) is 71.1 Å². The van der Waals surface area contributed by atoms with Crippen LogP contribution in [-0.2, 0) is 17.1 Å². The first-order valence-electron chi connectivity index (χ1n) is 10.1. The Bertz CT molecular complexity index is 702. The van der Waals surface area contributed by atoms with E-state index in [1.165, 1.54) is 49.8 Å². The zero-order valence-electron chi connectivity index (χ0n) is 16.4. The van der Waals surface area contributed by atoms with E-state index in [0.717, 1.165) is 17.5 Å². The van der Waals surface area contributed by atoms with Crippen LogP contribution in [0.1, 0.15) is 69.9 Å². The van der Waals surface area contributed by atoms with Crippen LogP contribution >= 0.6 is 0 Å². The summed E-state index contributed by atoms with van der Waals surface area (Å²) in [6, 6.07) is 14.4. The lowest BCUT2D eigenvalue weighted by Crippen LogP contribution is -2.25. The number of halogens is 2. The van der Waals surface area contributed by atoms with E-state index in [-0.39, 0.29) is 12.0 Å². The number of alkyl halides is 2. The minimum absolute atomic E-state index is 0.103. The third kappa shape index (κ3) is 5.98. The van der Waals surface area contributed by atoms with E-state index in [2.05, 4.69) is 19.1 Å². The quantitative estimate of drug-likeness (QED) is 0.377. The molecule has 0 heterocycles. The molecule has 2 aromatic rings. The van der Waals surface area contributed by atoms with Crippen LogP contribution in [-0.4, -0.2) is 5.78 Å². The van der Waals surface area contributed by atoms with E-state index in [9.17, 15) is 13.6 Å². The number of carbonyl (C=O) groups excluding carboxylic acids is 1. The van der Waals surface area contributed by atoms with E-state index >= 15 is 0 Å². The van der Waals surface area contributed by atoms with E-state index in [4.69, 9.17) is 0 Å². The average Bonchev–Trinajstić information content (AvgIpc) is 2.68. The molecule has 0 aromatic heterocycles. The number of unbranched alkanes of at least 4 members (excludes halogenated alkanes) is 4. The Morgan fingerprint density at radius 3 is 1.89 bits per heavy atom. The van der Waals surface area contributed by atoms with Crippen LogP contribution in [0.15, 0.2) is 48.5 Å². The largest absolute Gasteiger partial charge is 0.330 e. The Morgan fingerprint density at radius 1 is 0.778 bits per heavy atom. The first kappa shape index (κ1) is 21.3. The summed E-state index contributed by atoms with van der Waals surface area (Å²) in [6.07, 6.45) is 7.73. The molecular formula is C24H30F2O. The Labute approximate surface area is 161 Å². The molecule has 0 saturated heterocycles. The van der Waals surface area contributed by atoms with Crippen molar-refractivity contribution in [2.75, 3.05) is 0 Å². The van der Waals surface area contributed by atoms with Crippen LogP contribution in [0.4, 0.5) is 8.78 Å². The molecule has 3 heteroatoms. The number of rotatable bonds is 11. The number of Topliss-reactive ketones (excluding diaryl/α,β-unsaturated/α-hetero) is 1. The fourth-order valence-electron chi connectivity index (χ4n) is 3.21. The highest BCUT2D eigenvalue weighted by molar-refractivity contribution is 5.87. The van der Waals surface area contributed by atoms with Crippen molar-refractivity contribution >= 4 is 5.78 Å². The molecule has 0 radical (unpaired) electrons. The lowest BCUT2D eigenvalue weighted by molar-refractivity contribution is -0.144. The van der Waals surface area contributed by atoms with Crippen molar-refractivity contribution in [2.24, 2.45) is 0 Å². The van der Waals surface area contributed by atoms with Gasteiger partial charge in [-0.2, -0.15) is 8.78 Å². The molecule has 0 saturated carbocycles. The molecule has 0 bridgehead atoms. The molecule has 0 aliphatic rings. The highest BCUT2D eigenvalue weighted by Crippen LogP contribution is 2.32. The Balaban J connectivity index is 1.99. The SMILES string of the molecule is CCCCCCCc1ccc(-c2ccc(C(F)(F)C(=O)CCC)cc2)cc1. The first-order valence-corrected chi connectivity index (χ1v) is 10.1.